The van der Waals surface area contributed by atoms with Gasteiger partial charge in [0.1, 0.15) is 6.10 Å². The summed E-state index contributed by atoms with van der Waals surface area (Å²) in [5.74, 6) is 3.44. The smallest absolute Gasteiger partial charge is 0.305 e. The Morgan fingerprint density at radius 2 is 1.79 bits per heavy atom. The van der Waals surface area contributed by atoms with Crippen LogP contribution in [0.5, 0.6) is 0 Å². The predicted octanol–water partition coefficient (Wildman–Crippen LogP) is 5.74. The van der Waals surface area contributed by atoms with Crippen molar-refractivity contribution in [2.75, 3.05) is 0 Å². The van der Waals surface area contributed by atoms with Gasteiger partial charge in [-0.1, -0.05) is 27.2 Å². The molecule has 4 fully saturated rings. The third kappa shape index (κ3) is 2.38. The van der Waals surface area contributed by atoms with Crippen LogP contribution in [0.2, 0.25) is 0 Å². The van der Waals surface area contributed by atoms with Gasteiger partial charge >= 0.3 is 5.97 Å². The minimum Gasteiger partial charge on any atom is -0.462 e. The number of rotatable bonds is 2. The highest BCUT2D eigenvalue weighted by atomic mass is 16.5. The van der Waals surface area contributed by atoms with E-state index in [1.165, 1.54) is 57.8 Å². The molecule has 0 aromatic rings. The molecule has 2 heteroatoms. The molecule has 0 saturated heterocycles. The Balaban J connectivity index is 1.63. The minimum atomic E-state index is 0.0190. The first-order chi connectivity index (χ1) is 11.5. The summed E-state index contributed by atoms with van der Waals surface area (Å²) < 4.78 is 6.06. The SMILES string of the molecule is CCC(=O)OC1CCCC2CC[C@@H]3[C@@H](CC[C@]4(C)CCC[C@@H]34)[C@]21C. The number of hydrogen-bond acceptors (Lipinski definition) is 2. The van der Waals surface area contributed by atoms with Gasteiger partial charge in [0.25, 0.3) is 0 Å². The topological polar surface area (TPSA) is 26.3 Å². The van der Waals surface area contributed by atoms with Crippen molar-refractivity contribution in [3.8, 4) is 0 Å². The Hall–Kier alpha value is -0.530. The monoisotopic (exact) mass is 332 g/mol. The average Bonchev–Trinajstić information content (AvgIpc) is 2.97. The van der Waals surface area contributed by atoms with Crippen LogP contribution in [0, 0.1) is 34.5 Å². The first-order valence-corrected chi connectivity index (χ1v) is 10.7. The highest BCUT2D eigenvalue weighted by molar-refractivity contribution is 5.69. The summed E-state index contributed by atoms with van der Waals surface area (Å²) in [6.07, 6.45) is 14.4. The van der Waals surface area contributed by atoms with Crippen molar-refractivity contribution in [3.63, 3.8) is 0 Å². The van der Waals surface area contributed by atoms with Gasteiger partial charge in [0.05, 0.1) is 0 Å². The molecular formula is C22H36O2. The molecule has 4 rings (SSSR count). The van der Waals surface area contributed by atoms with Crippen LogP contribution in [-0.4, -0.2) is 12.1 Å². The minimum absolute atomic E-state index is 0.0190. The lowest BCUT2D eigenvalue weighted by molar-refractivity contribution is -0.189. The third-order valence-corrected chi connectivity index (χ3v) is 9.02. The fourth-order valence-corrected chi connectivity index (χ4v) is 7.71. The maximum Gasteiger partial charge on any atom is 0.305 e. The molecule has 4 aliphatic carbocycles. The standard InChI is InChI=1S/C22H36O2/c1-4-20(23)24-19-9-5-7-15-10-11-16-17-8-6-13-21(17,2)14-12-18(16)22(15,19)3/h15-19H,4-14H2,1-3H3/t15?,16-,17-,18+,19?,21-,22-/m0/s1. The Bertz CT molecular complexity index is 500. The molecule has 7 atom stereocenters. The number of carbonyl (C=O) groups excluding carboxylic acids is 1. The normalized spacial score (nSPS) is 50.5. The second-order valence-electron chi connectivity index (χ2n) is 9.87. The molecule has 2 nitrogen and oxygen atoms in total. The van der Waals surface area contributed by atoms with Crippen molar-refractivity contribution in [1.82, 2.24) is 0 Å². The average molecular weight is 333 g/mol. The number of ether oxygens (including phenoxy) is 1. The lowest BCUT2D eigenvalue weighted by Gasteiger charge is -2.61. The molecule has 4 saturated carbocycles. The molecule has 0 N–H and O–H groups in total. The molecule has 0 heterocycles. The molecule has 0 aromatic heterocycles. The Morgan fingerprint density at radius 3 is 2.58 bits per heavy atom. The number of fused-ring (bicyclic) bond motifs is 5. The van der Waals surface area contributed by atoms with Crippen molar-refractivity contribution in [3.05, 3.63) is 0 Å². The fraction of sp³-hybridized carbons (Fsp3) is 0.955. The first kappa shape index (κ1) is 16.9. The molecule has 0 aliphatic heterocycles. The Labute approximate surface area is 148 Å². The van der Waals surface area contributed by atoms with E-state index in [2.05, 4.69) is 13.8 Å². The van der Waals surface area contributed by atoms with E-state index in [9.17, 15) is 4.79 Å². The zero-order valence-electron chi connectivity index (χ0n) is 16.0. The lowest BCUT2D eigenvalue weighted by atomic mass is 9.44. The second kappa shape index (κ2) is 6.02. The summed E-state index contributed by atoms with van der Waals surface area (Å²) in [4.78, 5) is 12.1. The van der Waals surface area contributed by atoms with Crippen LogP contribution in [0.25, 0.3) is 0 Å². The molecule has 4 aliphatic rings. The molecule has 0 amide bonds. The zero-order chi connectivity index (χ0) is 16.9. The Kier molecular flexibility index (Phi) is 4.24. The van der Waals surface area contributed by atoms with E-state index in [4.69, 9.17) is 4.74 Å². The quantitative estimate of drug-likeness (QED) is 0.603. The highest BCUT2D eigenvalue weighted by Gasteiger charge is 2.60. The van der Waals surface area contributed by atoms with Crippen LogP contribution >= 0.6 is 0 Å². The molecule has 0 radical (unpaired) electrons. The molecule has 2 unspecified atom stereocenters. The van der Waals surface area contributed by atoms with Gasteiger partial charge in [-0.05, 0) is 86.9 Å². The second-order valence-corrected chi connectivity index (χ2v) is 9.87. The summed E-state index contributed by atoms with van der Waals surface area (Å²) in [5.41, 5.74) is 0.866. The largest absolute Gasteiger partial charge is 0.462 e. The van der Waals surface area contributed by atoms with Crippen molar-refractivity contribution < 1.29 is 9.53 Å². The van der Waals surface area contributed by atoms with E-state index in [-0.39, 0.29) is 17.5 Å². The summed E-state index contributed by atoms with van der Waals surface area (Å²) in [6, 6.07) is 0. The summed E-state index contributed by atoms with van der Waals surface area (Å²) in [6.45, 7) is 7.02. The number of carbonyl (C=O) groups is 1. The summed E-state index contributed by atoms with van der Waals surface area (Å²) >= 11 is 0. The fourth-order valence-electron chi connectivity index (χ4n) is 7.71. The van der Waals surface area contributed by atoms with Gasteiger partial charge in [-0.15, -0.1) is 0 Å². The van der Waals surface area contributed by atoms with Crippen molar-refractivity contribution in [2.45, 2.75) is 97.5 Å². The van der Waals surface area contributed by atoms with Crippen LogP contribution in [0.15, 0.2) is 0 Å². The van der Waals surface area contributed by atoms with Gasteiger partial charge in [-0.2, -0.15) is 0 Å². The van der Waals surface area contributed by atoms with Crippen LogP contribution in [0.1, 0.15) is 91.4 Å². The maximum absolute atomic E-state index is 12.1. The van der Waals surface area contributed by atoms with Gasteiger partial charge in [-0.3, -0.25) is 4.79 Å². The predicted molar refractivity (Wildman–Crippen MR) is 96.5 cm³/mol. The van der Waals surface area contributed by atoms with Gasteiger partial charge in [0, 0.05) is 11.8 Å². The lowest BCUT2D eigenvalue weighted by Crippen LogP contribution is -2.57. The first-order valence-electron chi connectivity index (χ1n) is 10.7. The van der Waals surface area contributed by atoms with Crippen LogP contribution in [0.4, 0.5) is 0 Å². The van der Waals surface area contributed by atoms with Crippen molar-refractivity contribution >= 4 is 5.97 Å². The maximum atomic E-state index is 12.1. The molecule has 24 heavy (non-hydrogen) atoms. The van der Waals surface area contributed by atoms with Crippen LogP contribution < -0.4 is 0 Å². The van der Waals surface area contributed by atoms with Crippen LogP contribution in [0.3, 0.4) is 0 Å². The molecule has 0 bridgehead atoms. The van der Waals surface area contributed by atoms with Gasteiger partial charge < -0.3 is 4.74 Å². The highest BCUT2D eigenvalue weighted by Crippen LogP contribution is 2.66. The number of esters is 1. The van der Waals surface area contributed by atoms with E-state index in [1.54, 1.807) is 0 Å². The van der Waals surface area contributed by atoms with Crippen molar-refractivity contribution in [2.24, 2.45) is 34.5 Å². The molecule has 0 spiro atoms. The Morgan fingerprint density at radius 1 is 0.958 bits per heavy atom. The van der Waals surface area contributed by atoms with E-state index in [1.807, 2.05) is 6.92 Å². The summed E-state index contributed by atoms with van der Waals surface area (Å²) in [7, 11) is 0. The number of hydrogen-bond donors (Lipinski definition) is 0. The molecule has 0 aromatic carbocycles. The van der Waals surface area contributed by atoms with E-state index in [0.717, 1.165) is 30.1 Å². The third-order valence-electron chi connectivity index (χ3n) is 9.02. The summed E-state index contributed by atoms with van der Waals surface area (Å²) in [5, 5.41) is 0. The van der Waals surface area contributed by atoms with E-state index >= 15 is 0 Å². The van der Waals surface area contributed by atoms with Gasteiger partial charge in [0.2, 0.25) is 0 Å². The van der Waals surface area contributed by atoms with E-state index in [0.29, 0.717) is 11.8 Å². The zero-order valence-corrected chi connectivity index (χ0v) is 16.0. The molecule has 136 valence electrons. The van der Waals surface area contributed by atoms with Gasteiger partial charge in [-0.25, -0.2) is 0 Å². The molecular weight excluding hydrogens is 296 g/mol. The van der Waals surface area contributed by atoms with E-state index < -0.39 is 0 Å². The van der Waals surface area contributed by atoms with Crippen LogP contribution in [-0.2, 0) is 9.53 Å². The van der Waals surface area contributed by atoms with Gasteiger partial charge in [0.15, 0.2) is 0 Å². The van der Waals surface area contributed by atoms with Crippen molar-refractivity contribution in [1.29, 1.82) is 0 Å².